The molecular weight excluding hydrogens is 1890 g/mol. The number of ether oxygens (including phenoxy) is 1. The maximum Gasteiger partial charge on any atom is 0.435 e. The Morgan fingerprint density at radius 1 is 0.340 bits per heavy atom. The molecule has 8 aromatic carbocycles. The molecule has 12 heterocycles. The number of aromatic nitrogens is 19. The lowest BCUT2D eigenvalue weighted by Crippen LogP contribution is -2.09. The molecule has 0 radical (unpaired) electrons. The summed E-state index contributed by atoms with van der Waals surface area (Å²) < 4.78 is 210. The molecule has 5 N–H and O–H groups in total. The van der Waals surface area contributed by atoms with Crippen molar-refractivity contribution in [1.82, 2.24) is 92.3 Å². The number of hydrogen-bond donors (Lipinski definition) is 5. The average molecular weight is 1970 g/mol. The van der Waals surface area contributed by atoms with Gasteiger partial charge in [0.2, 0.25) is 0 Å². The van der Waals surface area contributed by atoms with E-state index in [-0.39, 0.29) is 45.8 Å². The summed E-state index contributed by atoms with van der Waals surface area (Å²) in [6.45, 7) is 8.19. The van der Waals surface area contributed by atoms with Crippen LogP contribution in [0.1, 0.15) is 96.7 Å². The molecule has 0 amide bonds. The van der Waals surface area contributed by atoms with Crippen molar-refractivity contribution in [3.05, 3.63) is 361 Å². The summed E-state index contributed by atoms with van der Waals surface area (Å²) in [5.41, 5.74) is 5.01. The lowest BCUT2D eigenvalue weighted by Gasteiger charge is -2.12. The van der Waals surface area contributed by atoms with Crippen molar-refractivity contribution in [2.45, 2.75) is 83.8 Å². The molecule has 12 aromatic heterocycles. The molecule has 0 aliphatic heterocycles. The summed E-state index contributed by atoms with van der Waals surface area (Å²) in [6.07, 6.45) is -4.92. The number of benzene rings is 8. The van der Waals surface area contributed by atoms with Gasteiger partial charge in [0.15, 0.2) is 46.3 Å². The highest BCUT2D eigenvalue weighted by Gasteiger charge is 2.41. The Kier molecular flexibility index (Phi) is 29.0. The molecule has 0 spiro atoms. The van der Waals surface area contributed by atoms with E-state index in [1.165, 1.54) is 120 Å². The minimum atomic E-state index is -4.69. The number of aryl methyl sites for hydroxylation is 2. The zero-order chi connectivity index (χ0) is 102. The first kappa shape index (κ1) is 98.8. The van der Waals surface area contributed by atoms with Crippen LogP contribution in [0.3, 0.4) is 0 Å². The second-order valence-electron chi connectivity index (χ2n) is 31.8. The number of alkyl halides is 15. The van der Waals surface area contributed by atoms with Crippen LogP contribution in [0.4, 0.5) is 123 Å². The molecule has 0 aliphatic carbocycles. The van der Waals surface area contributed by atoms with Gasteiger partial charge in [-0.2, -0.15) is 76.4 Å². The summed E-state index contributed by atoms with van der Waals surface area (Å²) >= 11 is 0. The number of para-hydroxylation sites is 6. The Morgan fingerprint density at radius 2 is 0.715 bits per heavy atom. The number of nitrogens with one attached hydrogen (secondary N) is 5. The first-order chi connectivity index (χ1) is 69.1. The van der Waals surface area contributed by atoms with E-state index in [0.29, 0.717) is 92.5 Å². The van der Waals surface area contributed by atoms with Crippen molar-refractivity contribution in [2.24, 2.45) is 0 Å². The molecule has 144 heavy (non-hydrogen) atoms. The number of nitrogens with zero attached hydrogens (tertiary/aromatic N) is 21. The van der Waals surface area contributed by atoms with E-state index < -0.39 is 59.0 Å². The predicted octanol–water partition coefficient (Wildman–Crippen LogP) is 25.8. The highest BCUT2D eigenvalue weighted by Crippen LogP contribution is 2.42. The van der Waals surface area contributed by atoms with Crippen LogP contribution in [-0.2, 0) is 43.7 Å². The lowest BCUT2D eigenvalue weighted by atomic mass is 10.2. The predicted molar refractivity (Wildman–Crippen MR) is 512 cm³/mol. The fraction of sp³-hybridized carbons (Fsp3) is 0.137. The molecule has 0 aliphatic rings. The fourth-order valence-corrected chi connectivity index (χ4v) is 15.0. The first-order valence-corrected chi connectivity index (χ1v) is 43.8. The van der Waals surface area contributed by atoms with Crippen LogP contribution in [0.5, 0.6) is 5.75 Å². The standard InChI is InChI=1S/2C21H18F3N5.C20H13F3N6O.C20H16F3N5.C20H12F3N5/c1-13(2)20-27-16-5-3-4-6-17(16)29(20)19-12-25-11-18(28-19)26-15-9-7-14(8-10-15)21(22,23)24;1-2-5-19-27-16-6-3-4-7-17(16)29(19)20-13-25-12-18(28-20)26-15-10-8-14(9-11-15)21(22,23)24;1-30-14-6-7-17-28-19(20(21,22)23)18(29(17)11-14)15-9-25-10-16(27-15)26-13-4-2-12(8-24)3-5-13;1-2-18-26-15-5-3-4-6-16(15)28(18)19-12-24-11-17(27-19)25-14-9-7-13(8-10-14)20(21,22)23;21-20(22,23)19-18(28-11-2-1-6-17(28)27-19)15-4-3-5-16(26-15)25-14-9-7-13(12-24)8-10-14/h3-13H,1-2H3,(H,26,28);3-4,6-13H,2,5H2,1H3,(H,26,28);2-7,9-11H,1H3,(H,26,27);3-12H,2H2,1H3,(H,25,27);1-11H,(H,25,26). The minimum Gasteiger partial charge on any atom is -0.495 e. The zero-order valence-electron chi connectivity index (χ0n) is 76.0. The summed E-state index contributed by atoms with van der Waals surface area (Å²) in [7, 11) is 1.42. The molecule has 0 bridgehead atoms. The first-order valence-electron chi connectivity index (χ1n) is 43.8. The van der Waals surface area contributed by atoms with E-state index in [2.05, 4.69) is 107 Å². The zero-order valence-corrected chi connectivity index (χ0v) is 76.0. The van der Waals surface area contributed by atoms with Gasteiger partial charge in [-0.15, -0.1) is 0 Å². The summed E-state index contributed by atoms with van der Waals surface area (Å²) in [4.78, 5) is 60.6. The van der Waals surface area contributed by atoms with Crippen LogP contribution in [-0.4, -0.2) is 99.4 Å². The minimum absolute atomic E-state index is 0.0123. The smallest absolute Gasteiger partial charge is 0.435 e. The van der Waals surface area contributed by atoms with Crippen LogP contribution in [0.2, 0.25) is 0 Å². The molecule has 0 saturated carbocycles. The maximum atomic E-state index is 13.7. The fourth-order valence-electron chi connectivity index (χ4n) is 15.0. The number of imidazole rings is 5. The SMILES string of the molecule is CC(C)c1nc2ccccc2n1-c1cncc(Nc2ccc(C(F)(F)F)cc2)n1.CCCc1nc2ccccc2n1-c1cncc(Nc2ccc(C(F)(F)F)cc2)n1.CCc1nc2ccccc2n1-c1cncc(Nc2ccc(C(F)(F)F)cc2)n1.COc1ccc2nc(C(F)(F)F)c(-c3cncc(Nc4ccc(C#N)cc4)n3)n2c1.N#Cc1ccc(Nc2cccc(-c3c(C(F)(F)F)nc4ccccn34)n2)cc1. The number of rotatable bonds is 20. The molecule has 726 valence electrons. The van der Waals surface area contributed by atoms with Gasteiger partial charge in [0.25, 0.3) is 0 Å². The monoisotopic (exact) mass is 1970 g/mol. The number of halogens is 15. The molecule has 0 saturated heterocycles. The molecule has 0 atom stereocenters. The Labute approximate surface area is 808 Å². The van der Waals surface area contributed by atoms with Gasteiger partial charge in [-0.05, 0) is 201 Å². The number of hydrogen-bond acceptors (Lipinski definition) is 22. The second-order valence-corrected chi connectivity index (χ2v) is 31.8. The number of pyridine rings is 3. The van der Waals surface area contributed by atoms with Crippen molar-refractivity contribution >= 4 is 102 Å². The molecule has 27 nitrogen and oxygen atoms in total. The van der Waals surface area contributed by atoms with Gasteiger partial charge in [0, 0.05) is 53.4 Å². The largest absolute Gasteiger partial charge is 0.495 e. The van der Waals surface area contributed by atoms with E-state index in [4.69, 9.17) is 25.2 Å². The van der Waals surface area contributed by atoms with Gasteiger partial charge < -0.3 is 31.3 Å². The number of fused-ring (bicyclic) bond motifs is 5. The molecule has 42 heteroatoms. The van der Waals surface area contributed by atoms with Crippen molar-refractivity contribution < 1.29 is 70.6 Å². The molecule has 0 unspecified atom stereocenters. The van der Waals surface area contributed by atoms with E-state index in [0.717, 1.165) is 99.8 Å². The van der Waals surface area contributed by atoms with Crippen molar-refractivity contribution in [3.63, 3.8) is 0 Å². The molecule has 20 rings (SSSR count). The van der Waals surface area contributed by atoms with Crippen molar-refractivity contribution in [3.8, 4) is 58.1 Å². The Balaban J connectivity index is 0.000000129. The molecule has 20 aromatic rings. The van der Waals surface area contributed by atoms with Crippen molar-refractivity contribution in [1.29, 1.82) is 10.5 Å². The van der Waals surface area contributed by atoms with Gasteiger partial charge >= 0.3 is 30.9 Å². The van der Waals surface area contributed by atoms with E-state index in [1.54, 1.807) is 91.4 Å². The van der Waals surface area contributed by atoms with E-state index in [9.17, 15) is 65.9 Å². The third-order valence-corrected chi connectivity index (χ3v) is 21.5. The maximum absolute atomic E-state index is 13.7. The summed E-state index contributed by atoms with van der Waals surface area (Å²) in [6, 6.07) is 67.4. The van der Waals surface area contributed by atoms with Gasteiger partial charge in [-0.3, -0.25) is 42.4 Å². The normalized spacial score (nSPS) is 11.6. The highest BCUT2D eigenvalue weighted by atomic mass is 19.4. The number of anilines is 10. The number of nitriles is 2. The van der Waals surface area contributed by atoms with Gasteiger partial charge in [0.05, 0.1) is 142 Å². The quantitative estimate of drug-likeness (QED) is 0.0443. The molecular formula is C102H77F15N26O. The van der Waals surface area contributed by atoms with Crippen LogP contribution in [0, 0.1) is 22.7 Å². The Bertz CT molecular complexity index is 8020. The van der Waals surface area contributed by atoms with Gasteiger partial charge in [-0.25, -0.2) is 49.8 Å². The van der Waals surface area contributed by atoms with Gasteiger partial charge in [-0.1, -0.05) is 76.2 Å². The lowest BCUT2D eigenvalue weighted by molar-refractivity contribution is -0.141. The Hall–Kier alpha value is -18.3. The van der Waals surface area contributed by atoms with Crippen LogP contribution < -0.4 is 31.3 Å². The van der Waals surface area contributed by atoms with Crippen LogP contribution in [0.15, 0.2) is 305 Å². The second kappa shape index (κ2) is 42.2. The van der Waals surface area contributed by atoms with Gasteiger partial charge in [0.1, 0.15) is 63.2 Å². The summed E-state index contributed by atoms with van der Waals surface area (Å²) in [5.74, 6) is 6.79. The number of methoxy groups -OCH3 is 1. The molecule has 0 fully saturated rings. The third-order valence-electron chi connectivity index (χ3n) is 21.5. The Morgan fingerprint density at radius 3 is 1.14 bits per heavy atom. The average Bonchev–Trinajstić information content (AvgIpc) is 1.58. The third kappa shape index (κ3) is 23.2. The summed E-state index contributed by atoms with van der Waals surface area (Å²) in [5, 5.41) is 32.7. The highest BCUT2D eigenvalue weighted by molar-refractivity contribution is 5.81. The van der Waals surface area contributed by atoms with E-state index >= 15 is 0 Å². The van der Waals surface area contributed by atoms with Crippen LogP contribution >= 0.6 is 0 Å². The van der Waals surface area contributed by atoms with Crippen molar-refractivity contribution in [2.75, 3.05) is 33.7 Å². The van der Waals surface area contributed by atoms with E-state index in [1.807, 2.05) is 106 Å². The van der Waals surface area contributed by atoms with Crippen LogP contribution in [0.25, 0.3) is 84.6 Å². The topological polar surface area (TPSA) is 321 Å².